The molecule has 3 N–H and O–H groups in total. The van der Waals surface area contributed by atoms with Crippen molar-refractivity contribution in [3.05, 3.63) is 108 Å². The molecule has 3 nitrogen and oxygen atoms in total. The quantitative estimate of drug-likeness (QED) is 0.435. The molecular weight excluding hydrogens is 426 g/mol. The zero-order valence-electron chi connectivity index (χ0n) is 18.3. The van der Waals surface area contributed by atoms with Crippen molar-refractivity contribution in [1.29, 1.82) is 0 Å². The second-order valence-corrected chi connectivity index (χ2v) is 9.56. The van der Waals surface area contributed by atoms with Crippen LogP contribution in [0.5, 0.6) is 0 Å². The molecule has 164 valence electrons. The van der Waals surface area contributed by atoms with Gasteiger partial charge in [0.25, 0.3) is 0 Å². The number of esters is 1. The summed E-state index contributed by atoms with van der Waals surface area (Å²) in [5.74, 6) is 0.270. The second kappa shape index (κ2) is 10.9. The van der Waals surface area contributed by atoms with Crippen LogP contribution in [-0.2, 0) is 14.3 Å². The maximum absolute atomic E-state index is 12.6. The minimum absolute atomic E-state index is 0. The SMILES string of the molecule is CC(C)(C)OC(=O)[C@@H]([NH3+])CSC(c1ccccc1)(c1ccccc1)c1ccccc1.[Cl-]. The molecule has 0 aromatic heterocycles. The van der Waals surface area contributed by atoms with Gasteiger partial charge in [-0.3, -0.25) is 0 Å². The van der Waals surface area contributed by atoms with Gasteiger partial charge in [0.2, 0.25) is 0 Å². The molecule has 0 unspecified atom stereocenters. The average Bonchev–Trinajstić information content (AvgIpc) is 2.75. The number of hydrogen-bond donors (Lipinski definition) is 1. The Kier molecular flexibility index (Phi) is 8.75. The van der Waals surface area contributed by atoms with Crippen molar-refractivity contribution in [3.63, 3.8) is 0 Å². The fraction of sp³-hybridized carbons (Fsp3) is 0.269. The van der Waals surface area contributed by atoms with Crippen molar-refractivity contribution in [3.8, 4) is 0 Å². The minimum atomic E-state index is -0.521. The standard InChI is InChI=1S/C26H29NO2S.ClH/c1-25(2,3)29-24(28)23(27)19-30-26(20-13-7-4-8-14-20,21-15-9-5-10-16-21)22-17-11-6-12-18-22;/h4-18,23H,19,27H2,1-3H3;1H/t23-;/m0./s1. The highest BCUT2D eigenvalue weighted by molar-refractivity contribution is 8.00. The summed E-state index contributed by atoms with van der Waals surface area (Å²) in [5.41, 5.74) is 7.10. The van der Waals surface area contributed by atoms with Crippen molar-refractivity contribution < 1.29 is 27.7 Å². The van der Waals surface area contributed by atoms with Crippen molar-refractivity contribution in [2.24, 2.45) is 0 Å². The first kappa shape index (κ1) is 25.0. The molecule has 3 rings (SSSR count). The molecule has 0 fully saturated rings. The van der Waals surface area contributed by atoms with Gasteiger partial charge in [0.15, 0.2) is 6.04 Å². The van der Waals surface area contributed by atoms with Crippen LogP contribution >= 0.6 is 11.8 Å². The predicted octanol–water partition coefficient (Wildman–Crippen LogP) is 1.67. The van der Waals surface area contributed by atoms with Crippen LogP contribution in [0.3, 0.4) is 0 Å². The molecule has 0 saturated carbocycles. The maximum Gasteiger partial charge on any atom is 0.366 e. The minimum Gasteiger partial charge on any atom is -1.00 e. The van der Waals surface area contributed by atoms with E-state index in [9.17, 15) is 4.79 Å². The number of hydrogen-bond acceptors (Lipinski definition) is 3. The van der Waals surface area contributed by atoms with Crippen LogP contribution in [0.25, 0.3) is 0 Å². The third kappa shape index (κ3) is 6.13. The zero-order valence-corrected chi connectivity index (χ0v) is 19.8. The number of halogens is 1. The lowest BCUT2D eigenvalue weighted by Crippen LogP contribution is -3.00. The van der Waals surface area contributed by atoms with E-state index >= 15 is 0 Å². The number of thioether (sulfide) groups is 1. The summed E-state index contributed by atoms with van der Waals surface area (Å²) in [6.07, 6.45) is 0. The molecule has 5 heteroatoms. The van der Waals surface area contributed by atoms with E-state index in [0.717, 1.165) is 0 Å². The number of carbonyl (C=O) groups is 1. The molecule has 0 spiro atoms. The van der Waals surface area contributed by atoms with Gasteiger partial charge in [-0.05, 0) is 37.5 Å². The molecule has 3 aromatic rings. The summed E-state index contributed by atoms with van der Waals surface area (Å²) < 4.78 is 5.11. The van der Waals surface area contributed by atoms with E-state index in [1.54, 1.807) is 11.8 Å². The first-order valence-corrected chi connectivity index (χ1v) is 11.2. The lowest BCUT2D eigenvalue weighted by Gasteiger charge is -2.35. The molecule has 0 bridgehead atoms. The summed E-state index contributed by atoms with van der Waals surface area (Å²) in [4.78, 5) is 12.6. The molecule has 3 aromatic carbocycles. The zero-order chi connectivity index (χ0) is 21.6. The van der Waals surface area contributed by atoms with Gasteiger partial charge in [-0.2, -0.15) is 0 Å². The van der Waals surface area contributed by atoms with Crippen molar-refractivity contribution in [1.82, 2.24) is 0 Å². The van der Waals surface area contributed by atoms with Gasteiger partial charge in [-0.15, -0.1) is 11.8 Å². The third-order valence-electron chi connectivity index (χ3n) is 4.78. The fourth-order valence-electron chi connectivity index (χ4n) is 3.45. The summed E-state index contributed by atoms with van der Waals surface area (Å²) in [7, 11) is 0. The monoisotopic (exact) mass is 455 g/mol. The number of carbonyl (C=O) groups excluding carboxylic acids is 1. The number of quaternary nitrogens is 1. The van der Waals surface area contributed by atoms with E-state index in [-0.39, 0.29) is 18.4 Å². The van der Waals surface area contributed by atoms with Crippen LogP contribution in [0.2, 0.25) is 0 Å². The Morgan fingerprint density at radius 2 is 1.16 bits per heavy atom. The number of benzene rings is 3. The van der Waals surface area contributed by atoms with Crippen molar-refractivity contribution >= 4 is 17.7 Å². The highest BCUT2D eigenvalue weighted by atomic mass is 35.5. The molecule has 31 heavy (non-hydrogen) atoms. The Labute approximate surface area is 195 Å². The van der Waals surface area contributed by atoms with E-state index in [1.807, 2.05) is 39.0 Å². The van der Waals surface area contributed by atoms with E-state index in [4.69, 9.17) is 4.74 Å². The summed E-state index contributed by atoms with van der Waals surface area (Å²) in [5, 5.41) is 0. The predicted molar refractivity (Wildman–Crippen MR) is 124 cm³/mol. The second-order valence-electron chi connectivity index (χ2n) is 8.32. The lowest BCUT2D eigenvalue weighted by atomic mass is 9.84. The Morgan fingerprint density at radius 1 is 0.806 bits per heavy atom. The molecule has 0 radical (unpaired) electrons. The molecular formula is C26H30ClNO2S. The van der Waals surface area contributed by atoms with E-state index in [2.05, 4.69) is 78.5 Å². The van der Waals surface area contributed by atoms with Crippen LogP contribution in [0.4, 0.5) is 0 Å². The topological polar surface area (TPSA) is 53.9 Å². The van der Waals surface area contributed by atoms with Crippen LogP contribution in [0.1, 0.15) is 37.5 Å². The largest absolute Gasteiger partial charge is 1.00 e. The Hall–Kier alpha value is -2.27. The van der Waals surface area contributed by atoms with E-state index in [1.165, 1.54) is 16.7 Å². The van der Waals surface area contributed by atoms with Crippen LogP contribution < -0.4 is 18.1 Å². The van der Waals surface area contributed by atoms with Gasteiger partial charge in [0.05, 0.1) is 10.5 Å². The van der Waals surface area contributed by atoms with Crippen molar-refractivity contribution in [2.45, 2.75) is 37.2 Å². The Morgan fingerprint density at radius 3 is 1.48 bits per heavy atom. The molecule has 1 atom stereocenters. The third-order valence-corrected chi connectivity index (χ3v) is 6.49. The fourth-order valence-corrected chi connectivity index (χ4v) is 4.94. The van der Waals surface area contributed by atoms with Crippen LogP contribution in [0.15, 0.2) is 91.0 Å². The normalized spacial score (nSPS) is 12.5. The van der Waals surface area contributed by atoms with Gasteiger partial charge in [0.1, 0.15) is 5.60 Å². The van der Waals surface area contributed by atoms with Crippen LogP contribution in [-0.4, -0.2) is 23.4 Å². The summed E-state index contributed by atoms with van der Waals surface area (Å²) in [6, 6.07) is 30.9. The van der Waals surface area contributed by atoms with Gasteiger partial charge < -0.3 is 22.9 Å². The van der Waals surface area contributed by atoms with Gasteiger partial charge >= 0.3 is 5.97 Å². The molecule has 0 aliphatic rings. The summed E-state index contributed by atoms with van der Waals surface area (Å²) >= 11 is 1.73. The molecule has 0 amide bonds. The molecule has 0 heterocycles. The first-order chi connectivity index (χ1) is 14.3. The first-order valence-electron chi connectivity index (χ1n) is 10.2. The Balaban J connectivity index is 0.00000341. The smallest absolute Gasteiger partial charge is 0.366 e. The highest BCUT2D eigenvalue weighted by Crippen LogP contribution is 2.48. The van der Waals surface area contributed by atoms with Gasteiger partial charge in [-0.1, -0.05) is 91.0 Å². The lowest BCUT2D eigenvalue weighted by molar-refractivity contribution is -0.402. The maximum atomic E-state index is 12.6. The van der Waals surface area contributed by atoms with Crippen LogP contribution in [0, 0.1) is 0 Å². The van der Waals surface area contributed by atoms with E-state index in [0.29, 0.717) is 5.75 Å². The van der Waals surface area contributed by atoms with Crippen molar-refractivity contribution in [2.75, 3.05) is 5.75 Å². The highest BCUT2D eigenvalue weighted by Gasteiger charge is 2.39. The number of ether oxygens (including phenoxy) is 1. The number of rotatable bonds is 7. The Bertz CT molecular complexity index is 847. The van der Waals surface area contributed by atoms with Gasteiger partial charge in [0, 0.05) is 0 Å². The average molecular weight is 456 g/mol. The summed E-state index contributed by atoms with van der Waals surface area (Å²) in [6.45, 7) is 5.65. The molecule has 0 aliphatic heterocycles. The molecule has 0 aliphatic carbocycles. The van der Waals surface area contributed by atoms with Gasteiger partial charge in [-0.25, -0.2) is 4.79 Å². The van der Waals surface area contributed by atoms with E-state index < -0.39 is 16.4 Å². The molecule has 0 saturated heterocycles.